The van der Waals surface area contributed by atoms with Crippen molar-refractivity contribution in [3.05, 3.63) is 86.3 Å². The van der Waals surface area contributed by atoms with Gasteiger partial charge in [0.05, 0.1) is 16.4 Å². The fourth-order valence-corrected chi connectivity index (χ4v) is 4.79. The molecule has 4 nitrogen and oxygen atoms in total. The molecule has 1 aliphatic heterocycles. The Morgan fingerprint density at radius 3 is 2.45 bits per heavy atom. The van der Waals surface area contributed by atoms with E-state index in [9.17, 15) is 9.18 Å². The number of hydrogen-bond acceptors (Lipinski definition) is 3. The minimum absolute atomic E-state index is 0.106. The number of piperidine rings is 1. The molecule has 0 bridgehead atoms. The lowest BCUT2D eigenvalue weighted by atomic mass is 9.89. The van der Waals surface area contributed by atoms with Crippen molar-refractivity contribution < 1.29 is 4.39 Å². The van der Waals surface area contributed by atoms with Crippen molar-refractivity contribution in [1.29, 1.82) is 0 Å². The Bertz CT molecular complexity index is 1170. The van der Waals surface area contributed by atoms with Gasteiger partial charge in [-0.1, -0.05) is 23.7 Å². The van der Waals surface area contributed by atoms with Crippen LogP contribution in [0.25, 0.3) is 5.69 Å². The van der Waals surface area contributed by atoms with Crippen LogP contribution in [-0.4, -0.2) is 22.6 Å². The minimum Gasteiger partial charge on any atom is -0.370 e. The predicted molar refractivity (Wildman–Crippen MR) is 124 cm³/mol. The number of aryl methyl sites for hydroxylation is 3. The van der Waals surface area contributed by atoms with E-state index in [0.717, 1.165) is 43.7 Å². The summed E-state index contributed by atoms with van der Waals surface area (Å²) in [5.41, 5.74) is 4.23. The van der Waals surface area contributed by atoms with Crippen LogP contribution in [0.4, 0.5) is 10.1 Å². The highest BCUT2D eigenvalue weighted by molar-refractivity contribution is 6.33. The van der Waals surface area contributed by atoms with Crippen molar-refractivity contribution in [3.63, 3.8) is 0 Å². The van der Waals surface area contributed by atoms with Crippen molar-refractivity contribution in [2.75, 3.05) is 18.0 Å². The van der Waals surface area contributed by atoms with Crippen LogP contribution in [-0.2, 0) is 6.42 Å². The first kappa shape index (κ1) is 21.6. The molecule has 0 atom stereocenters. The van der Waals surface area contributed by atoms with Gasteiger partial charge in [-0.2, -0.15) is 0 Å². The maximum absolute atomic E-state index is 13.5. The molecule has 0 spiro atoms. The maximum atomic E-state index is 13.5. The molecule has 0 saturated carbocycles. The van der Waals surface area contributed by atoms with Gasteiger partial charge in [0.15, 0.2) is 0 Å². The number of aromatic nitrogens is 2. The first-order valence-corrected chi connectivity index (χ1v) is 11.1. The maximum Gasteiger partial charge on any atom is 0.258 e. The van der Waals surface area contributed by atoms with Crippen LogP contribution in [0, 0.1) is 32.5 Å². The number of nitrogens with zero attached hydrogens (tertiary/aromatic N) is 3. The molecule has 0 unspecified atom stereocenters. The van der Waals surface area contributed by atoms with Crippen molar-refractivity contribution >= 4 is 17.3 Å². The quantitative estimate of drug-likeness (QED) is 0.545. The molecular formula is C25H27ClFN3O. The molecule has 1 fully saturated rings. The lowest BCUT2D eigenvalue weighted by Crippen LogP contribution is -2.34. The van der Waals surface area contributed by atoms with Gasteiger partial charge in [0, 0.05) is 24.8 Å². The zero-order valence-corrected chi connectivity index (χ0v) is 18.9. The third-order valence-electron chi connectivity index (χ3n) is 6.11. The van der Waals surface area contributed by atoms with E-state index in [-0.39, 0.29) is 11.4 Å². The van der Waals surface area contributed by atoms with E-state index in [0.29, 0.717) is 28.0 Å². The Labute approximate surface area is 187 Å². The Morgan fingerprint density at radius 1 is 1.06 bits per heavy atom. The second kappa shape index (κ2) is 8.83. The molecule has 2 aromatic carbocycles. The number of anilines is 1. The number of rotatable bonds is 4. The van der Waals surface area contributed by atoms with Crippen LogP contribution < -0.4 is 10.5 Å². The second-order valence-corrected chi connectivity index (χ2v) is 8.88. The van der Waals surface area contributed by atoms with E-state index in [1.54, 1.807) is 10.6 Å². The molecule has 0 aliphatic carbocycles. The largest absolute Gasteiger partial charge is 0.370 e. The van der Waals surface area contributed by atoms with E-state index in [1.807, 2.05) is 51.1 Å². The third kappa shape index (κ3) is 4.67. The van der Waals surface area contributed by atoms with Crippen LogP contribution in [0.1, 0.15) is 35.5 Å². The molecular weight excluding hydrogens is 413 g/mol. The molecule has 1 aromatic heterocycles. The van der Waals surface area contributed by atoms with Crippen LogP contribution in [0.3, 0.4) is 0 Å². The molecule has 0 amide bonds. The molecule has 1 aliphatic rings. The first-order chi connectivity index (χ1) is 14.8. The fourth-order valence-electron chi connectivity index (χ4n) is 4.49. The molecule has 3 aromatic rings. The van der Waals surface area contributed by atoms with Crippen LogP contribution >= 0.6 is 11.6 Å². The fraction of sp³-hybridized carbons (Fsp3) is 0.360. The van der Waals surface area contributed by atoms with Gasteiger partial charge < -0.3 is 4.90 Å². The van der Waals surface area contributed by atoms with Crippen molar-refractivity contribution in [1.82, 2.24) is 9.55 Å². The molecule has 2 heterocycles. The van der Waals surface area contributed by atoms with E-state index < -0.39 is 0 Å². The van der Waals surface area contributed by atoms with Crippen LogP contribution in [0.15, 0.2) is 47.3 Å². The van der Waals surface area contributed by atoms with Gasteiger partial charge in [-0.25, -0.2) is 9.37 Å². The van der Waals surface area contributed by atoms with E-state index >= 15 is 0 Å². The monoisotopic (exact) mass is 439 g/mol. The SMILES string of the molecule is Cc1cc(=O)n(-c2ccc(N3CCC(Cc4ccc(F)c(C)c4)CC3)c(Cl)c2)c(C)n1. The Morgan fingerprint density at radius 2 is 1.81 bits per heavy atom. The summed E-state index contributed by atoms with van der Waals surface area (Å²) in [5, 5.41) is 0.636. The van der Waals surface area contributed by atoms with Gasteiger partial charge in [-0.3, -0.25) is 9.36 Å². The van der Waals surface area contributed by atoms with Crippen molar-refractivity contribution in [2.45, 2.75) is 40.0 Å². The lowest BCUT2D eigenvalue weighted by Gasteiger charge is -2.34. The van der Waals surface area contributed by atoms with Gasteiger partial charge in [0.2, 0.25) is 0 Å². The smallest absolute Gasteiger partial charge is 0.258 e. The van der Waals surface area contributed by atoms with E-state index in [4.69, 9.17) is 11.6 Å². The van der Waals surface area contributed by atoms with Crippen molar-refractivity contribution in [2.24, 2.45) is 5.92 Å². The van der Waals surface area contributed by atoms with Crippen LogP contribution in [0.2, 0.25) is 5.02 Å². The average molecular weight is 440 g/mol. The van der Waals surface area contributed by atoms with E-state index in [1.165, 1.54) is 11.6 Å². The standard InChI is InChI=1S/C25H27ClFN3O/c1-16-12-20(4-6-23(16)27)14-19-8-10-29(11-9-19)24-7-5-21(15-22(24)26)30-18(3)28-17(2)13-25(30)31/h4-7,12-13,15,19H,8-11,14H2,1-3H3. The Hall–Kier alpha value is -2.66. The normalized spacial score (nSPS) is 14.8. The second-order valence-electron chi connectivity index (χ2n) is 8.47. The molecule has 162 valence electrons. The molecule has 0 radical (unpaired) electrons. The first-order valence-electron chi connectivity index (χ1n) is 10.7. The molecule has 31 heavy (non-hydrogen) atoms. The summed E-state index contributed by atoms with van der Waals surface area (Å²) >= 11 is 6.63. The highest BCUT2D eigenvalue weighted by Crippen LogP contribution is 2.32. The Balaban J connectivity index is 1.45. The molecule has 0 N–H and O–H groups in total. The summed E-state index contributed by atoms with van der Waals surface area (Å²) in [6, 6.07) is 12.7. The van der Waals surface area contributed by atoms with E-state index in [2.05, 4.69) is 9.88 Å². The van der Waals surface area contributed by atoms with Gasteiger partial charge in [0.25, 0.3) is 5.56 Å². The summed E-state index contributed by atoms with van der Waals surface area (Å²) < 4.78 is 15.1. The zero-order chi connectivity index (χ0) is 22.1. The number of halogens is 2. The molecule has 1 saturated heterocycles. The van der Waals surface area contributed by atoms with Crippen LogP contribution in [0.5, 0.6) is 0 Å². The summed E-state index contributed by atoms with van der Waals surface area (Å²) in [4.78, 5) is 19.1. The number of hydrogen-bond donors (Lipinski definition) is 0. The molecule has 6 heteroatoms. The third-order valence-corrected chi connectivity index (χ3v) is 6.41. The van der Waals surface area contributed by atoms with Gasteiger partial charge in [-0.05, 0) is 81.3 Å². The summed E-state index contributed by atoms with van der Waals surface area (Å²) in [5.74, 6) is 1.08. The highest BCUT2D eigenvalue weighted by Gasteiger charge is 2.22. The lowest BCUT2D eigenvalue weighted by molar-refractivity contribution is 0.403. The van der Waals surface area contributed by atoms with Crippen molar-refractivity contribution in [3.8, 4) is 5.69 Å². The summed E-state index contributed by atoms with van der Waals surface area (Å²) in [6.45, 7) is 7.30. The number of benzene rings is 2. The summed E-state index contributed by atoms with van der Waals surface area (Å²) in [6.07, 6.45) is 3.11. The summed E-state index contributed by atoms with van der Waals surface area (Å²) in [7, 11) is 0. The minimum atomic E-state index is -0.143. The molecule has 4 rings (SSSR count). The van der Waals surface area contributed by atoms with Gasteiger partial charge in [0.1, 0.15) is 11.6 Å². The Kier molecular flexibility index (Phi) is 6.15. The zero-order valence-electron chi connectivity index (χ0n) is 18.2. The average Bonchev–Trinajstić information content (AvgIpc) is 2.71. The van der Waals surface area contributed by atoms with Gasteiger partial charge >= 0.3 is 0 Å². The predicted octanol–water partition coefficient (Wildman–Crippen LogP) is 5.41. The topological polar surface area (TPSA) is 38.1 Å². The highest BCUT2D eigenvalue weighted by atomic mass is 35.5. The van der Waals surface area contributed by atoms with Gasteiger partial charge in [-0.15, -0.1) is 0 Å².